The number of fused-ring (bicyclic) bond motifs is 6. The smallest absolute Gasteiger partial charge is 0.164 e. The highest BCUT2D eigenvalue weighted by Gasteiger charge is 2.23. The Morgan fingerprint density at radius 1 is 0.523 bits per heavy atom. The molecule has 9 rings (SSSR count). The van der Waals surface area contributed by atoms with E-state index in [1.807, 2.05) is 78.2 Å². The molecule has 0 atom stereocenters. The fourth-order valence-corrected chi connectivity index (χ4v) is 7.28. The van der Waals surface area contributed by atoms with Gasteiger partial charge in [-0.15, -0.1) is 11.3 Å². The number of hydrogen-bond acceptors (Lipinski definition) is 6. The molecule has 8 aromatic rings. The summed E-state index contributed by atoms with van der Waals surface area (Å²) in [5, 5.41) is 2.44. The van der Waals surface area contributed by atoms with Crippen molar-refractivity contribution in [2.24, 2.45) is 0 Å². The molecule has 0 aliphatic heterocycles. The normalized spacial score (nSPS) is 12.0. The quantitative estimate of drug-likeness (QED) is 0.207. The molecule has 0 saturated heterocycles. The largest absolute Gasteiger partial charge is 0.244 e. The van der Waals surface area contributed by atoms with E-state index in [0.717, 1.165) is 28.8 Å². The van der Waals surface area contributed by atoms with E-state index in [4.69, 9.17) is 15.0 Å². The Morgan fingerprint density at radius 3 is 1.80 bits per heavy atom. The van der Waals surface area contributed by atoms with E-state index in [1.165, 1.54) is 48.0 Å². The van der Waals surface area contributed by atoms with Crippen molar-refractivity contribution in [2.75, 3.05) is 0 Å². The molecule has 0 radical (unpaired) electrons. The van der Waals surface area contributed by atoms with Crippen molar-refractivity contribution in [3.05, 3.63) is 139 Å². The second-order valence-corrected chi connectivity index (χ2v) is 12.1. The summed E-state index contributed by atoms with van der Waals surface area (Å²) in [5.74, 6) is 1.99. The molecular weight excluding hydrogens is 559 g/mol. The highest BCUT2D eigenvalue weighted by molar-refractivity contribution is 7.25. The predicted molar refractivity (Wildman–Crippen MR) is 178 cm³/mol. The average Bonchev–Trinajstić information content (AvgIpc) is 3.66. The molecule has 5 nitrogen and oxygen atoms in total. The number of hydrogen-bond donors (Lipinski definition) is 0. The van der Waals surface area contributed by atoms with E-state index < -0.39 is 0 Å². The van der Waals surface area contributed by atoms with Crippen LogP contribution >= 0.6 is 11.3 Å². The van der Waals surface area contributed by atoms with Gasteiger partial charge in [0, 0.05) is 60.6 Å². The van der Waals surface area contributed by atoms with Crippen molar-refractivity contribution < 1.29 is 0 Å². The summed E-state index contributed by atoms with van der Waals surface area (Å²) >= 11 is 1.81. The standard InChI is InChI=1S/C38H23N5S/c1-3-8-23(9-4-1)36-41-37(24-10-5-2-6-11-24)43-38(42-36)26-15-17-34-32(19-26)31-18-25(14-16-33(31)44-34)28-12-7-13-29-30(28)20-27-21-39-22-40-35(27)29/h1-19,21-22H,20H2. The van der Waals surface area contributed by atoms with Crippen molar-refractivity contribution in [3.63, 3.8) is 0 Å². The SMILES string of the molecule is c1ccc(-c2nc(-c3ccccc3)nc(-c3ccc4sc5ccc(-c6cccc7c6Cc6cncnc6-7)cc5c4c3)n2)cc1. The molecule has 1 aliphatic rings. The highest BCUT2D eigenvalue weighted by Crippen LogP contribution is 2.43. The molecular formula is C38H23N5S. The van der Waals surface area contributed by atoms with Gasteiger partial charge in [0.1, 0.15) is 6.33 Å². The predicted octanol–water partition coefficient (Wildman–Crippen LogP) is 9.27. The zero-order valence-corrected chi connectivity index (χ0v) is 24.3. The minimum Gasteiger partial charge on any atom is -0.244 e. The Bertz CT molecular complexity index is 2310. The van der Waals surface area contributed by atoms with Crippen LogP contribution in [-0.4, -0.2) is 24.9 Å². The Kier molecular flexibility index (Phi) is 5.67. The fraction of sp³-hybridized carbons (Fsp3) is 0.0263. The van der Waals surface area contributed by atoms with E-state index in [1.54, 1.807) is 6.33 Å². The van der Waals surface area contributed by atoms with Crippen LogP contribution in [-0.2, 0) is 6.42 Å². The second kappa shape index (κ2) is 10.0. The Morgan fingerprint density at radius 2 is 1.11 bits per heavy atom. The maximum Gasteiger partial charge on any atom is 0.164 e. The molecule has 0 N–H and O–H groups in total. The van der Waals surface area contributed by atoms with Crippen LogP contribution in [0, 0.1) is 0 Å². The molecule has 0 amide bonds. The lowest BCUT2D eigenvalue weighted by Gasteiger charge is -2.09. The molecule has 206 valence electrons. The summed E-state index contributed by atoms with van der Waals surface area (Å²) in [6.45, 7) is 0. The second-order valence-electron chi connectivity index (χ2n) is 11.0. The van der Waals surface area contributed by atoms with Gasteiger partial charge in [-0.2, -0.15) is 0 Å². The van der Waals surface area contributed by atoms with Crippen molar-refractivity contribution in [2.45, 2.75) is 6.42 Å². The minimum atomic E-state index is 0.662. The first kappa shape index (κ1) is 25.0. The Hall–Kier alpha value is -5.59. The van der Waals surface area contributed by atoms with Gasteiger partial charge in [0.15, 0.2) is 17.5 Å². The van der Waals surface area contributed by atoms with Crippen LogP contribution < -0.4 is 0 Å². The van der Waals surface area contributed by atoms with E-state index in [9.17, 15) is 0 Å². The fourth-order valence-electron chi connectivity index (χ4n) is 6.21. The van der Waals surface area contributed by atoms with Crippen molar-refractivity contribution in [1.82, 2.24) is 24.9 Å². The van der Waals surface area contributed by atoms with Crippen LogP contribution in [0.5, 0.6) is 0 Å². The monoisotopic (exact) mass is 581 g/mol. The zero-order valence-electron chi connectivity index (χ0n) is 23.5. The summed E-state index contributed by atoms with van der Waals surface area (Å²) in [4.78, 5) is 23.6. The van der Waals surface area contributed by atoms with Gasteiger partial charge in [-0.05, 0) is 47.0 Å². The van der Waals surface area contributed by atoms with Crippen LogP contribution in [0.25, 0.3) is 76.7 Å². The summed E-state index contributed by atoms with van der Waals surface area (Å²) in [5.41, 5.74) is 10.1. The third-order valence-electron chi connectivity index (χ3n) is 8.32. The van der Waals surface area contributed by atoms with E-state index in [0.29, 0.717) is 17.5 Å². The third kappa shape index (κ3) is 4.11. The maximum atomic E-state index is 4.97. The summed E-state index contributed by atoms with van der Waals surface area (Å²) < 4.78 is 2.50. The first-order valence-corrected chi connectivity index (χ1v) is 15.4. The van der Waals surface area contributed by atoms with E-state index in [2.05, 4.69) is 64.6 Å². The van der Waals surface area contributed by atoms with Gasteiger partial charge >= 0.3 is 0 Å². The van der Waals surface area contributed by atoms with Crippen LogP contribution in [0.2, 0.25) is 0 Å². The molecule has 3 heterocycles. The first-order chi connectivity index (χ1) is 21.8. The van der Waals surface area contributed by atoms with Crippen LogP contribution in [0.15, 0.2) is 128 Å². The molecule has 44 heavy (non-hydrogen) atoms. The molecule has 0 fully saturated rings. The third-order valence-corrected chi connectivity index (χ3v) is 9.48. The van der Waals surface area contributed by atoms with Crippen LogP contribution in [0.1, 0.15) is 11.1 Å². The van der Waals surface area contributed by atoms with Crippen LogP contribution in [0.3, 0.4) is 0 Å². The molecule has 3 aromatic heterocycles. The highest BCUT2D eigenvalue weighted by atomic mass is 32.1. The Labute approximate surface area is 257 Å². The van der Waals surface area contributed by atoms with Gasteiger partial charge in [-0.3, -0.25) is 0 Å². The van der Waals surface area contributed by atoms with Gasteiger partial charge in [0.25, 0.3) is 0 Å². The zero-order chi connectivity index (χ0) is 29.0. The van der Waals surface area contributed by atoms with Crippen LogP contribution in [0.4, 0.5) is 0 Å². The lowest BCUT2D eigenvalue weighted by Crippen LogP contribution is -2.00. The molecule has 0 spiro atoms. The number of rotatable bonds is 4. The number of aromatic nitrogens is 5. The minimum absolute atomic E-state index is 0.662. The molecule has 5 aromatic carbocycles. The van der Waals surface area contributed by atoms with Crippen molar-refractivity contribution >= 4 is 31.5 Å². The summed E-state index contributed by atoms with van der Waals surface area (Å²) in [6.07, 6.45) is 4.43. The first-order valence-electron chi connectivity index (χ1n) is 14.5. The maximum absolute atomic E-state index is 4.97. The lowest BCUT2D eigenvalue weighted by atomic mass is 9.95. The number of benzene rings is 5. The number of thiophene rings is 1. The van der Waals surface area contributed by atoms with Gasteiger partial charge in [-0.25, -0.2) is 24.9 Å². The molecule has 6 heteroatoms. The van der Waals surface area contributed by atoms with Crippen molar-refractivity contribution in [3.8, 4) is 56.5 Å². The number of nitrogens with zero attached hydrogens (tertiary/aromatic N) is 5. The average molecular weight is 582 g/mol. The molecule has 0 unspecified atom stereocenters. The van der Waals surface area contributed by atoms with Gasteiger partial charge < -0.3 is 0 Å². The molecule has 0 bridgehead atoms. The Balaban J connectivity index is 1.19. The van der Waals surface area contributed by atoms with E-state index in [-0.39, 0.29) is 0 Å². The molecule has 1 aliphatic carbocycles. The summed E-state index contributed by atoms with van der Waals surface area (Å²) in [6, 6.07) is 40.1. The summed E-state index contributed by atoms with van der Waals surface area (Å²) in [7, 11) is 0. The topological polar surface area (TPSA) is 64.5 Å². The van der Waals surface area contributed by atoms with E-state index >= 15 is 0 Å². The van der Waals surface area contributed by atoms with Gasteiger partial charge in [-0.1, -0.05) is 84.9 Å². The van der Waals surface area contributed by atoms with Gasteiger partial charge in [0.2, 0.25) is 0 Å². The van der Waals surface area contributed by atoms with Gasteiger partial charge in [0.05, 0.1) is 5.69 Å². The van der Waals surface area contributed by atoms with Crippen molar-refractivity contribution in [1.29, 1.82) is 0 Å². The lowest BCUT2D eigenvalue weighted by molar-refractivity contribution is 1.07. The molecule has 0 saturated carbocycles.